The summed E-state index contributed by atoms with van der Waals surface area (Å²) in [7, 11) is 0. The summed E-state index contributed by atoms with van der Waals surface area (Å²) in [6.07, 6.45) is -0.620. The van der Waals surface area contributed by atoms with Gasteiger partial charge in [0.1, 0.15) is 12.2 Å². The average Bonchev–Trinajstić information content (AvgIpc) is 3.25. The molecule has 3 rings (SSSR count). The van der Waals surface area contributed by atoms with Gasteiger partial charge in [0.15, 0.2) is 5.78 Å². The van der Waals surface area contributed by atoms with Crippen LogP contribution in [-0.2, 0) is 20.9 Å². The number of Topliss-reactive ketones (excluding diaryl/α,β-unsaturated/α-hetero) is 1. The third kappa shape index (κ3) is 5.54. The first-order valence-corrected chi connectivity index (χ1v) is 10.1. The van der Waals surface area contributed by atoms with Crippen LogP contribution in [0.25, 0.3) is 11.0 Å². The van der Waals surface area contributed by atoms with Gasteiger partial charge >= 0.3 is 17.7 Å². The van der Waals surface area contributed by atoms with E-state index in [2.05, 4.69) is 5.32 Å². The number of esters is 1. The number of nitrogens with one attached hydrogen (secondary N) is 1. The lowest BCUT2D eigenvalue weighted by Gasteiger charge is -2.09. The maximum absolute atomic E-state index is 12.0. The van der Waals surface area contributed by atoms with Gasteiger partial charge in [-0.1, -0.05) is 6.07 Å². The summed E-state index contributed by atoms with van der Waals surface area (Å²) in [5.74, 6) is -0.656. The molecule has 1 N–H and O–H groups in total. The Balaban J connectivity index is 1.65. The van der Waals surface area contributed by atoms with Gasteiger partial charge in [0, 0.05) is 35.2 Å². The largest absolute Gasteiger partial charge is 0.461 e. The maximum Gasteiger partial charge on any atom is 0.411 e. The van der Waals surface area contributed by atoms with Gasteiger partial charge in [-0.15, -0.1) is 11.3 Å². The summed E-state index contributed by atoms with van der Waals surface area (Å²) >= 11 is 1.32. The van der Waals surface area contributed by atoms with E-state index in [1.165, 1.54) is 23.5 Å². The molecule has 0 radical (unpaired) electrons. The Kier molecular flexibility index (Phi) is 6.97. The molecule has 156 valence electrons. The van der Waals surface area contributed by atoms with Crippen molar-refractivity contribution in [1.29, 1.82) is 0 Å². The molecule has 0 aliphatic heterocycles. The molecular weight excluding hydrogens is 410 g/mol. The van der Waals surface area contributed by atoms with Gasteiger partial charge < -0.3 is 13.9 Å². The van der Waals surface area contributed by atoms with Gasteiger partial charge in [0.05, 0.1) is 17.9 Å². The van der Waals surface area contributed by atoms with E-state index in [0.717, 1.165) is 0 Å². The van der Waals surface area contributed by atoms with E-state index >= 15 is 0 Å². The number of ketones is 1. The zero-order valence-electron chi connectivity index (χ0n) is 16.1. The van der Waals surface area contributed by atoms with E-state index in [4.69, 9.17) is 13.9 Å². The van der Waals surface area contributed by atoms with Gasteiger partial charge in [-0.05, 0) is 30.5 Å². The standard InChI is InChI=1S/C21H19NO7S/c1-2-27-21(26)22-14-5-6-15-13(10-20(25)29-17(15)11-14)12-28-19(24)8-7-16(23)18-4-3-9-30-18/h3-6,9-11H,2,7-8,12H2,1H3,(H,22,26). The SMILES string of the molecule is CCOC(=O)Nc1ccc2c(COC(=O)CCC(=O)c3cccs3)cc(=O)oc2c1. The first-order chi connectivity index (χ1) is 14.5. The van der Waals surface area contributed by atoms with Crippen molar-refractivity contribution < 1.29 is 28.3 Å². The molecule has 0 saturated carbocycles. The predicted octanol–water partition coefficient (Wildman–Crippen LogP) is 4.13. The number of ether oxygens (including phenoxy) is 2. The second-order valence-electron chi connectivity index (χ2n) is 6.21. The summed E-state index contributed by atoms with van der Waals surface area (Å²) < 4.78 is 15.2. The van der Waals surface area contributed by atoms with Crippen molar-refractivity contribution >= 4 is 45.8 Å². The Bertz CT molecular complexity index is 1120. The van der Waals surface area contributed by atoms with E-state index < -0.39 is 17.7 Å². The quantitative estimate of drug-likeness (QED) is 0.325. The fourth-order valence-electron chi connectivity index (χ4n) is 2.72. The van der Waals surface area contributed by atoms with Crippen molar-refractivity contribution in [2.75, 3.05) is 11.9 Å². The molecule has 1 aromatic carbocycles. The first-order valence-electron chi connectivity index (χ1n) is 9.19. The Labute approximate surface area is 175 Å². The molecule has 0 unspecified atom stereocenters. The molecule has 1 amide bonds. The monoisotopic (exact) mass is 429 g/mol. The predicted molar refractivity (Wildman–Crippen MR) is 111 cm³/mol. The lowest BCUT2D eigenvalue weighted by Crippen LogP contribution is -2.13. The Hall–Kier alpha value is -3.46. The molecule has 0 atom stereocenters. The highest BCUT2D eigenvalue weighted by atomic mass is 32.1. The van der Waals surface area contributed by atoms with Crippen molar-refractivity contribution in [2.24, 2.45) is 0 Å². The van der Waals surface area contributed by atoms with Crippen LogP contribution < -0.4 is 10.9 Å². The number of rotatable bonds is 8. The highest BCUT2D eigenvalue weighted by molar-refractivity contribution is 7.12. The first kappa shape index (κ1) is 21.3. The third-order valence-corrected chi connectivity index (χ3v) is 5.00. The molecule has 0 spiro atoms. The van der Waals surface area contributed by atoms with Crippen molar-refractivity contribution in [3.05, 3.63) is 62.6 Å². The fourth-order valence-corrected chi connectivity index (χ4v) is 3.41. The normalized spacial score (nSPS) is 10.6. The molecule has 3 aromatic rings. The highest BCUT2D eigenvalue weighted by Gasteiger charge is 2.13. The fraction of sp³-hybridized carbons (Fsp3) is 0.238. The summed E-state index contributed by atoms with van der Waals surface area (Å²) in [5, 5.41) is 4.88. The lowest BCUT2D eigenvalue weighted by atomic mass is 10.1. The van der Waals surface area contributed by atoms with Gasteiger partial charge in [-0.2, -0.15) is 0 Å². The van der Waals surface area contributed by atoms with E-state index in [-0.39, 0.29) is 37.4 Å². The van der Waals surface area contributed by atoms with E-state index in [1.54, 1.807) is 36.6 Å². The molecule has 9 heteroatoms. The van der Waals surface area contributed by atoms with Crippen molar-refractivity contribution in [3.8, 4) is 0 Å². The number of anilines is 1. The zero-order valence-corrected chi connectivity index (χ0v) is 17.0. The van der Waals surface area contributed by atoms with Crippen LogP contribution >= 0.6 is 11.3 Å². The number of hydrogen-bond acceptors (Lipinski definition) is 8. The van der Waals surface area contributed by atoms with Gasteiger partial charge in [0.25, 0.3) is 0 Å². The highest BCUT2D eigenvalue weighted by Crippen LogP contribution is 2.22. The molecule has 30 heavy (non-hydrogen) atoms. The summed E-state index contributed by atoms with van der Waals surface area (Å²) in [6.45, 7) is 1.77. The smallest absolute Gasteiger partial charge is 0.411 e. The maximum atomic E-state index is 12.0. The van der Waals surface area contributed by atoms with Crippen molar-refractivity contribution in [3.63, 3.8) is 0 Å². The number of benzene rings is 1. The molecule has 2 aromatic heterocycles. The summed E-state index contributed by atoms with van der Waals surface area (Å²) in [5.41, 5.74) is 0.470. The minimum absolute atomic E-state index is 0.0519. The minimum atomic E-state index is -0.624. The summed E-state index contributed by atoms with van der Waals surface area (Å²) in [4.78, 5) is 48.0. The van der Waals surface area contributed by atoms with E-state index in [0.29, 0.717) is 21.5 Å². The second-order valence-corrected chi connectivity index (χ2v) is 7.16. The Morgan fingerprint density at radius 3 is 2.67 bits per heavy atom. The molecule has 8 nitrogen and oxygen atoms in total. The molecule has 0 bridgehead atoms. The van der Waals surface area contributed by atoms with Crippen LogP contribution in [0.5, 0.6) is 0 Å². The number of amides is 1. The molecule has 0 saturated heterocycles. The van der Waals surface area contributed by atoms with Crippen LogP contribution in [0.3, 0.4) is 0 Å². The topological polar surface area (TPSA) is 112 Å². The number of carbonyl (C=O) groups is 3. The van der Waals surface area contributed by atoms with Gasteiger partial charge in [-0.25, -0.2) is 9.59 Å². The van der Waals surface area contributed by atoms with Gasteiger partial charge in [0.2, 0.25) is 0 Å². The van der Waals surface area contributed by atoms with Crippen LogP contribution in [-0.4, -0.2) is 24.5 Å². The Morgan fingerprint density at radius 2 is 1.93 bits per heavy atom. The van der Waals surface area contributed by atoms with Gasteiger partial charge in [-0.3, -0.25) is 14.9 Å². The number of fused-ring (bicyclic) bond motifs is 1. The zero-order chi connectivity index (χ0) is 21.5. The average molecular weight is 429 g/mol. The lowest BCUT2D eigenvalue weighted by molar-refractivity contribution is -0.144. The van der Waals surface area contributed by atoms with Crippen molar-refractivity contribution in [1.82, 2.24) is 0 Å². The molecule has 2 heterocycles. The minimum Gasteiger partial charge on any atom is -0.461 e. The molecule has 0 aliphatic rings. The van der Waals surface area contributed by atoms with Crippen molar-refractivity contribution in [2.45, 2.75) is 26.4 Å². The van der Waals surface area contributed by atoms with Crippen LogP contribution in [0.4, 0.5) is 10.5 Å². The van der Waals surface area contributed by atoms with E-state index in [1.807, 2.05) is 0 Å². The van der Waals surface area contributed by atoms with Crippen LogP contribution in [0.15, 0.2) is 51.0 Å². The number of thiophene rings is 1. The molecule has 0 fully saturated rings. The van der Waals surface area contributed by atoms with Crippen LogP contribution in [0, 0.1) is 0 Å². The Morgan fingerprint density at radius 1 is 1.10 bits per heavy atom. The number of hydrogen-bond donors (Lipinski definition) is 1. The van der Waals surface area contributed by atoms with Crippen LogP contribution in [0.2, 0.25) is 0 Å². The second kappa shape index (κ2) is 9.84. The third-order valence-electron chi connectivity index (χ3n) is 4.09. The van der Waals surface area contributed by atoms with Crippen LogP contribution in [0.1, 0.15) is 35.0 Å². The number of carbonyl (C=O) groups excluding carboxylic acids is 3. The molecular formula is C21H19NO7S. The van der Waals surface area contributed by atoms with E-state index in [9.17, 15) is 19.2 Å². The molecule has 0 aliphatic carbocycles. The summed E-state index contributed by atoms with van der Waals surface area (Å²) in [6, 6.07) is 9.46.